The highest BCUT2D eigenvalue weighted by molar-refractivity contribution is 5.96. The van der Waals surface area contributed by atoms with Gasteiger partial charge in [-0.1, -0.05) is 12.1 Å². The number of nitrogens with zero attached hydrogens (tertiary/aromatic N) is 4. The van der Waals surface area contributed by atoms with Crippen LogP contribution in [-0.4, -0.2) is 45.3 Å². The number of aromatic nitrogens is 3. The van der Waals surface area contributed by atoms with Crippen LogP contribution in [0.1, 0.15) is 46.8 Å². The Balaban J connectivity index is 1.56. The number of ether oxygens (including phenoxy) is 1. The van der Waals surface area contributed by atoms with Crippen LogP contribution < -0.4 is 0 Å². The number of hydrogen-bond donors (Lipinski definition) is 0. The molecule has 2 aliphatic rings. The van der Waals surface area contributed by atoms with Crippen molar-refractivity contribution < 1.29 is 9.53 Å². The molecule has 2 aromatic rings. The van der Waals surface area contributed by atoms with Gasteiger partial charge in [-0.05, 0) is 43.4 Å². The van der Waals surface area contributed by atoms with E-state index in [4.69, 9.17) is 4.74 Å². The lowest BCUT2D eigenvalue weighted by Crippen LogP contribution is -2.43. The molecule has 24 heavy (non-hydrogen) atoms. The van der Waals surface area contributed by atoms with Gasteiger partial charge in [0.1, 0.15) is 12.4 Å². The van der Waals surface area contributed by atoms with Crippen LogP contribution in [0.3, 0.4) is 0 Å². The van der Waals surface area contributed by atoms with Crippen molar-refractivity contribution in [2.24, 2.45) is 0 Å². The number of hydrogen-bond acceptors (Lipinski definition) is 4. The zero-order valence-electron chi connectivity index (χ0n) is 13.9. The molecule has 0 spiro atoms. The summed E-state index contributed by atoms with van der Waals surface area (Å²) in [5.74, 6) is 0.915. The first-order valence-electron chi connectivity index (χ1n) is 8.67. The summed E-state index contributed by atoms with van der Waals surface area (Å²) in [5.41, 5.74) is 3.43. The van der Waals surface area contributed by atoms with Gasteiger partial charge in [0, 0.05) is 18.7 Å². The van der Waals surface area contributed by atoms with Crippen molar-refractivity contribution in [3.05, 3.63) is 47.0 Å². The summed E-state index contributed by atoms with van der Waals surface area (Å²) in [4.78, 5) is 15.0. The SMILES string of the molecule is CCn1cnnc1[C@@H]1CN(C(=O)c2cccc3c2CCC3)CCO1. The van der Waals surface area contributed by atoms with Gasteiger partial charge in [0.2, 0.25) is 0 Å². The molecule has 1 fully saturated rings. The van der Waals surface area contributed by atoms with E-state index in [1.54, 1.807) is 6.33 Å². The zero-order chi connectivity index (χ0) is 16.5. The van der Waals surface area contributed by atoms with Crippen LogP contribution in [0.15, 0.2) is 24.5 Å². The Kier molecular flexibility index (Phi) is 4.06. The quantitative estimate of drug-likeness (QED) is 0.865. The monoisotopic (exact) mass is 326 g/mol. The molecule has 126 valence electrons. The highest BCUT2D eigenvalue weighted by Gasteiger charge is 2.30. The van der Waals surface area contributed by atoms with E-state index in [1.165, 1.54) is 11.1 Å². The molecule has 0 N–H and O–H groups in total. The van der Waals surface area contributed by atoms with E-state index in [1.807, 2.05) is 28.5 Å². The minimum atomic E-state index is -0.207. The van der Waals surface area contributed by atoms with E-state index >= 15 is 0 Å². The smallest absolute Gasteiger partial charge is 0.254 e. The summed E-state index contributed by atoms with van der Waals surface area (Å²) >= 11 is 0. The van der Waals surface area contributed by atoms with Gasteiger partial charge in [0.15, 0.2) is 5.82 Å². The Hall–Kier alpha value is -2.21. The molecule has 0 bridgehead atoms. The largest absolute Gasteiger partial charge is 0.366 e. The molecule has 1 aromatic heterocycles. The molecule has 6 nitrogen and oxygen atoms in total. The fourth-order valence-corrected chi connectivity index (χ4v) is 3.74. The van der Waals surface area contributed by atoms with Crippen molar-refractivity contribution in [3.8, 4) is 0 Å². The lowest BCUT2D eigenvalue weighted by molar-refractivity contribution is -0.0284. The number of fused-ring (bicyclic) bond motifs is 1. The molecular weight excluding hydrogens is 304 g/mol. The number of morpholine rings is 1. The minimum Gasteiger partial charge on any atom is -0.366 e. The second kappa shape index (κ2) is 6.36. The fourth-order valence-electron chi connectivity index (χ4n) is 3.74. The first kappa shape index (κ1) is 15.3. The maximum absolute atomic E-state index is 13.1. The second-order valence-corrected chi connectivity index (χ2v) is 6.38. The molecule has 6 heteroatoms. The van der Waals surface area contributed by atoms with E-state index in [-0.39, 0.29) is 12.0 Å². The lowest BCUT2D eigenvalue weighted by Gasteiger charge is -2.33. The van der Waals surface area contributed by atoms with E-state index in [0.717, 1.165) is 37.2 Å². The van der Waals surface area contributed by atoms with Crippen LogP contribution in [0.4, 0.5) is 0 Å². The van der Waals surface area contributed by atoms with E-state index in [9.17, 15) is 4.79 Å². The second-order valence-electron chi connectivity index (χ2n) is 6.38. The van der Waals surface area contributed by atoms with Crippen LogP contribution in [0.5, 0.6) is 0 Å². The lowest BCUT2D eigenvalue weighted by atomic mass is 10.0. The minimum absolute atomic E-state index is 0.115. The number of carbonyl (C=O) groups excluding carboxylic acids is 1. The third kappa shape index (κ3) is 2.60. The maximum atomic E-state index is 13.1. The third-order valence-corrected chi connectivity index (χ3v) is 5.00. The molecule has 1 saturated heterocycles. The van der Waals surface area contributed by atoms with Crippen LogP contribution in [0.2, 0.25) is 0 Å². The van der Waals surface area contributed by atoms with Crippen molar-refractivity contribution >= 4 is 5.91 Å². The predicted octanol–water partition coefficient (Wildman–Crippen LogP) is 2.00. The maximum Gasteiger partial charge on any atom is 0.254 e. The summed E-state index contributed by atoms with van der Waals surface area (Å²) in [6.07, 6.45) is 4.74. The predicted molar refractivity (Wildman–Crippen MR) is 88.8 cm³/mol. The summed E-state index contributed by atoms with van der Waals surface area (Å²) in [5, 5.41) is 8.16. The molecule has 1 aliphatic heterocycles. The van der Waals surface area contributed by atoms with E-state index in [0.29, 0.717) is 19.7 Å². The zero-order valence-corrected chi connectivity index (χ0v) is 13.9. The number of amides is 1. The summed E-state index contributed by atoms with van der Waals surface area (Å²) in [6.45, 7) is 4.52. The Bertz CT molecular complexity index is 755. The Morgan fingerprint density at radius 2 is 2.29 bits per heavy atom. The van der Waals surface area contributed by atoms with Gasteiger partial charge >= 0.3 is 0 Å². The molecule has 0 radical (unpaired) electrons. The topological polar surface area (TPSA) is 60.2 Å². The van der Waals surface area contributed by atoms with Crippen LogP contribution in [-0.2, 0) is 24.1 Å². The average molecular weight is 326 g/mol. The van der Waals surface area contributed by atoms with Gasteiger partial charge in [-0.15, -0.1) is 10.2 Å². The normalized spacial score (nSPS) is 20.2. The number of benzene rings is 1. The Morgan fingerprint density at radius 1 is 1.38 bits per heavy atom. The molecule has 1 aliphatic carbocycles. The Labute approximate surface area is 141 Å². The molecular formula is C18H22N4O2. The summed E-state index contributed by atoms with van der Waals surface area (Å²) in [7, 11) is 0. The van der Waals surface area contributed by atoms with Crippen LogP contribution in [0, 0.1) is 0 Å². The highest BCUT2D eigenvalue weighted by Crippen LogP contribution is 2.28. The van der Waals surface area contributed by atoms with Crippen LogP contribution >= 0.6 is 0 Å². The summed E-state index contributed by atoms with van der Waals surface area (Å²) < 4.78 is 7.83. The van der Waals surface area contributed by atoms with Crippen molar-refractivity contribution in [2.45, 2.75) is 38.8 Å². The van der Waals surface area contributed by atoms with Gasteiger partial charge in [-0.3, -0.25) is 4.79 Å². The van der Waals surface area contributed by atoms with Crippen molar-refractivity contribution in [2.75, 3.05) is 19.7 Å². The summed E-state index contributed by atoms with van der Waals surface area (Å²) in [6, 6.07) is 6.11. The first-order valence-corrected chi connectivity index (χ1v) is 8.67. The molecule has 2 heterocycles. The van der Waals surface area contributed by atoms with Gasteiger partial charge in [0.25, 0.3) is 5.91 Å². The highest BCUT2D eigenvalue weighted by atomic mass is 16.5. The Morgan fingerprint density at radius 3 is 3.17 bits per heavy atom. The van der Waals surface area contributed by atoms with Crippen molar-refractivity contribution in [3.63, 3.8) is 0 Å². The molecule has 1 amide bonds. The number of carbonyl (C=O) groups is 1. The molecule has 0 saturated carbocycles. The molecule has 1 atom stereocenters. The van der Waals surface area contributed by atoms with E-state index < -0.39 is 0 Å². The standard InChI is InChI=1S/C18H22N4O2/c1-2-21-12-19-20-17(21)16-11-22(9-10-24-16)18(23)15-8-4-6-13-5-3-7-14(13)15/h4,6,8,12,16H,2-3,5,7,9-11H2,1H3/t16-/m0/s1. The third-order valence-electron chi connectivity index (χ3n) is 5.00. The molecule has 0 unspecified atom stereocenters. The number of aryl methyl sites for hydroxylation is 2. The average Bonchev–Trinajstić information content (AvgIpc) is 3.29. The van der Waals surface area contributed by atoms with Gasteiger partial charge < -0.3 is 14.2 Å². The first-order chi connectivity index (χ1) is 11.8. The molecule has 1 aromatic carbocycles. The van der Waals surface area contributed by atoms with Crippen molar-refractivity contribution in [1.29, 1.82) is 0 Å². The van der Waals surface area contributed by atoms with Gasteiger partial charge in [-0.25, -0.2) is 0 Å². The van der Waals surface area contributed by atoms with Gasteiger partial charge in [0.05, 0.1) is 13.2 Å². The van der Waals surface area contributed by atoms with Crippen LogP contribution in [0.25, 0.3) is 0 Å². The van der Waals surface area contributed by atoms with Crippen molar-refractivity contribution in [1.82, 2.24) is 19.7 Å². The van der Waals surface area contributed by atoms with E-state index in [2.05, 4.69) is 16.3 Å². The molecule has 4 rings (SSSR count). The van der Waals surface area contributed by atoms with Gasteiger partial charge in [-0.2, -0.15) is 0 Å². The number of rotatable bonds is 3. The fraction of sp³-hybridized carbons (Fsp3) is 0.500.